The minimum absolute atomic E-state index is 0.208. The van der Waals surface area contributed by atoms with E-state index in [1.807, 2.05) is 0 Å². The molecule has 0 spiro atoms. The van der Waals surface area contributed by atoms with E-state index in [-0.39, 0.29) is 11.6 Å². The Morgan fingerprint density at radius 3 is 2.31 bits per heavy atom. The maximum Gasteiger partial charge on any atom is 0.573 e. The van der Waals surface area contributed by atoms with Gasteiger partial charge in [-0.15, -0.1) is 13.2 Å². The normalized spacial score (nSPS) is 12.9. The van der Waals surface area contributed by atoms with Crippen LogP contribution in [-0.4, -0.2) is 35.7 Å². The molecule has 3 aromatic carbocycles. The number of hydrazone groups is 1. The third kappa shape index (κ3) is 10.3. The second kappa shape index (κ2) is 14.6. The monoisotopic (exact) mass is 594 g/mol. The summed E-state index contributed by atoms with van der Waals surface area (Å²) in [6.45, 7) is 2.06. The van der Waals surface area contributed by atoms with Crippen LogP contribution in [-0.2, 0) is 0 Å². The van der Waals surface area contributed by atoms with Crippen LogP contribution in [0.25, 0.3) is 0 Å². The number of amidine groups is 2. The van der Waals surface area contributed by atoms with Gasteiger partial charge < -0.3 is 10.5 Å². The first kappa shape index (κ1) is 30.0. The number of ether oxygens (including phenoxy) is 1. The van der Waals surface area contributed by atoms with Crippen LogP contribution in [0.3, 0.4) is 0 Å². The molecule has 0 radical (unpaired) electrons. The summed E-state index contributed by atoms with van der Waals surface area (Å²) in [5.74, 6) is 0.702. The number of rotatable bonds is 9. The van der Waals surface area contributed by atoms with Crippen molar-refractivity contribution in [3.63, 3.8) is 0 Å². The summed E-state index contributed by atoms with van der Waals surface area (Å²) in [6, 6.07) is 17.4. The highest BCUT2D eigenvalue weighted by atomic mass is 35.5. The molecule has 0 aliphatic rings. The quantitative estimate of drug-likeness (QED) is 0.150. The SMILES string of the molecule is CCCSC(=Nc1c(Cl)cccc1Cl)N/N=C\c1ccc(C(N)=NC=Nc2ccc(OC(F)(F)F)cc2)cc1. The predicted octanol–water partition coefficient (Wildman–Crippen LogP) is 7.71. The summed E-state index contributed by atoms with van der Waals surface area (Å²) in [6.07, 6.45) is -0.961. The molecular weight excluding hydrogens is 572 g/mol. The Labute approximate surface area is 237 Å². The Morgan fingerprint density at radius 1 is 1.03 bits per heavy atom. The Hall–Kier alpha value is -3.54. The molecular formula is C26H23Cl2F3N6OS. The molecule has 0 heterocycles. The number of halogens is 5. The molecule has 0 unspecified atom stereocenters. The van der Waals surface area contributed by atoms with E-state index in [1.54, 1.807) is 48.7 Å². The number of nitrogens with one attached hydrogen (secondary N) is 1. The van der Waals surface area contributed by atoms with E-state index in [1.165, 1.54) is 30.2 Å². The van der Waals surface area contributed by atoms with Crippen LogP contribution < -0.4 is 15.9 Å². The molecule has 3 N–H and O–H groups in total. The van der Waals surface area contributed by atoms with Crippen LogP contribution in [0.2, 0.25) is 10.0 Å². The zero-order valence-corrected chi connectivity index (χ0v) is 22.8. The third-order valence-corrected chi connectivity index (χ3v) is 6.33. The van der Waals surface area contributed by atoms with E-state index in [2.05, 4.69) is 37.2 Å². The van der Waals surface area contributed by atoms with Crippen molar-refractivity contribution in [1.82, 2.24) is 5.43 Å². The fraction of sp³-hybridized carbons (Fsp3) is 0.154. The number of benzene rings is 3. The number of nitrogens with zero attached hydrogens (tertiary/aromatic N) is 4. The van der Waals surface area contributed by atoms with Gasteiger partial charge in [-0.3, -0.25) is 5.43 Å². The smallest absolute Gasteiger partial charge is 0.406 e. The van der Waals surface area contributed by atoms with E-state index >= 15 is 0 Å². The van der Waals surface area contributed by atoms with Gasteiger partial charge in [-0.2, -0.15) is 5.10 Å². The number of hydrogen-bond donors (Lipinski definition) is 2. The van der Waals surface area contributed by atoms with Gasteiger partial charge in [0, 0.05) is 11.3 Å². The van der Waals surface area contributed by atoms with Gasteiger partial charge in [-0.1, -0.05) is 72.2 Å². The van der Waals surface area contributed by atoms with Gasteiger partial charge in [0.2, 0.25) is 0 Å². The van der Waals surface area contributed by atoms with Gasteiger partial charge in [0.1, 0.15) is 23.6 Å². The lowest BCUT2D eigenvalue weighted by Gasteiger charge is -2.08. The number of nitrogens with two attached hydrogens (primary N) is 1. The van der Waals surface area contributed by atoms with Crippen molar-refractivity contribution in [2.75, 3.05) is 5.75 Å². The molecule has 0 saturated carbocycles. The molecule has 204 valence electrons. The lowest BCUT2D eigenvalue weighted by Crippen LogP contribution is -2.16. The van der Waals surface area contributed by atoms with Crippen LogP contribution >= 0.6 is 35.0 Å². The van der Waals surface area contributed by atoms with E-state index in [9.17, 15) is 13.2 Å². The van der Waals surface area contributed by atoms with E-state index in [0.717, 1.165) is 29.9 Å². The zero-order valence-electron chi connectivity index (χ0n) is 20.5. The van der Waals surface area contributed by atoms with Crippen LogP contribution in [0.1, 0.15) is 24.5 Å². The lowest BCUT2D eigenvalue weighted by atomic mass is 10.1. The lowest BCUT2D eigenvalue weighted by molar-refractivity contribution is -0.274. The molecule has 0 aliphatic carbocycles. The minimum atomic E-state index is -4.75. The Kier molecular flexibility index (Phi) is 11.2. The summed E-state index contributed by atoms with van der Waals surface area (Å²) in [7, 11) is 0. The topological polar surface area (TPSA) is 96.7 Å². The van der Waals surface area contributed by atoms with E-state index < -0.39 is 6.36 Å². The largest absolute Gasteiger partial charge is 0.573 e. The van der Waals surface area contributed by atoms with Crippen molar-refractivity contribution >= 4 is 69.9 Å². The van der Waals surface area contributed by atoms with Gasteiger partial charge in [0.15, 0.2) is 5.17 Å². The molecule has 3 rings (SSSR count). The first-order chi connectivity index (χ1) is 18.6. The van der Waals surface area contributed by atoms with Gasteiger partial charge in [-0.05, 0) is 48.4 Å². The number of para-hydroxylation sites is 1. The average Bonchev–Trinajstić information content (AvgIpc) is 2.89. The number of alkyl halides is 3. The highest BCUT2D eigenvalue weighted by Gasteiger charge is 2.30. The second-order valence-corrected chi connectivity index (χ2v) is 9.53. The molecule has 13 heteroatoms. The van der Waals surface area contributed by atoms with Crippen molar-refractivity contribution in [1.29, 1.82) is 0 Å². The van der Waals surface area contributed by atoms with Crippen molar-refractivity contribution < 1.29 is 17.9 Å². The standard InChI is InChI=1S/C26H23Cl2F3N6OS/c1-2-14-39-25(36-23-21(27)4-3-5-22(23)28)37-35-15-17-6-8-18(9-7-17)24(32)34-16-33-19-10-12-20(13-11-19)38-26(29,30)31/h3-13,15-16H,2,14H2,1H3,(H,36,37)(H2,32,33,34)/b35-15-. The third-order valence-electron chi connectivity index (χ3n) is 4.65. The molecule has 0 saturated heterocycles. The molecule has 0 aliphatic heterocycles. The van der Waals surface area contributed by atoms with Crippen molar-refractivity contribution in [3.8, 4) is 5.75 Å². The van der Waals surface area contributed by atoms with Crippen LogP contribution in [0.15, 0.2) is 86.8 Å². The molecule has 0 amide bonds. The summed E-state index contributed by atoms with van der Waals surface area (Å²) < 4.78 is 40.6. The van der Waals surface area contributed by atoms with Gasteiger partial charge in [-0.25, -0.2) is 15.0 Å². The van der Waals surface area contributed by atoms with E-state index in [0.29, 0.717) is 32.2 Å². The van der Waals surface area contributed by atoms with Crippen LogP contribution in [0, 0.1) is 0 Å². The average molecular weight is 595 g/mol. The Bertz CT molecular complexity index is 1340. The molecule has 39 heavy (non-hydrogen) atoms. The number of aliphatic imine (C=N–C) groups is 3. The molecule has 0 atom stereocenters. The summed E-state index contributed by atoms with van der Waals surface area (Å²) in [4.78, 5) is 12.7. The molecule has 3 aromatic rings. The fourth-order valence-electron chi connectivity index (χ4n) is 2.85. The first-order valence-electron chi connectivity index (χ1n) is 11.4. The number of hydrogen-bond acceptors (Lipinski definition) is 5. The Morgan fingerprint density at radius 2 is 1.69 bits per heavy atom. The van der Waals surface area contributed by atoms with Gasteiger partial charge in [0.25, 0.3) is 0 Å². The predicted molar refractivity (Wildman–Crippen MR) is 155 cm³/mol. The van der Waals surface area contributed by atoms with Crippen LogP contribution in [0.4, 0.5) is 24.5 Å². The second-order valence-electron chi connectivity index (χ2n) is 7.63. The fourth-order valence-corrected chi connectivity index (χ4v) is 4.01. The van der Waals surface area contributed by atoms with Crippen molar-refractivity contribution in [2.24, 2.45) is 25.8 Å². The molecule has 0 bridgehead atoms. The van der Waals surface area contributed by atoms with Gasteiger partial charge in [0.05, 0.1) is 21.9 Å². The summed E-state index contributed by atoms with van der Waals surface area (Å²) >= 11 is 14.0. The van der Waals surface area contributed by atoms with Crippen LogP contribution in [0.5, 0.6) is 5.75 Å². The van der Waals surface area contributed by atoms with Gasteiger partial charge >= 0.3 is 6.36 Å². The first-order valence-corrected chi connectivity index (χ1v) is 13.2. The van der Waals surface area contributed by atoms with Crippen molar-refractivity contribution in [3.05, 3.63) is 87.9 Å². The number of thioether (sulfide) groups is 1. The van der Waals surface area contributed by atoms with Crippen molar-refractivity contribution in [2.45, 2.75) is 19.7 Å². The minimum Gasteiger partial charge on any atom is -0.406 e. The summed E-state index contributed by atoms with van der Waals surface area (Å²) in [5, 5.41) is 5.70. The molecule has 7 nitrogen and oxygen atoms in total. The molecule has 0 aromatic heterocycles. The Balaban J connectivity index is 1.61. The highest BCUT2D eigenvalue weighted by molar-refractivity contribution is 8.13. The maximum absolute atomic E-state index is 12.2. The summed E-state index contributed by atoms with van der Waals surface area (Å²) in [5.41, 5.74) is 11.3. The molecule has 0 fully saturated rings. The maximum atomic E-state index is 12.2. The van der Waals surface area contributed by atoms with E-state index in [4.69, 9.17) is 28.9 Å². The zero-order chi connectivity index (χ0) is 28.3. The highest BCUT2D eigenvalue weighted by Crippen LogP contribution is 2.33.